The Balaban J connectivity index is 1.97. The van der Waals surface area contributed by atoms with Crippen molar-refractivity contribution >= 4 is 23.2 Å². The maximum Gasteiger partial charge on any atom is 0.416 e. The third kappa shape index (κ3) is 4.89. The molecule has 0 saturated carbocycles. The molecule has 0 saturated heterocycles. The number of aryl methyl sites for hydroxylation is 1. The SMILES string of the molecule is Cc1ccc(NC(=O)COc2cccc(C(F)(F)F)c2)c(Cl)c1. The molecule has 2 aromatic carbocycles. The highest BCUT2D eigenvalue weighted by atomic mass is 35.5. The summed E-state index contributed by atoms with van der Waals surface area (Å²) in [5.41, 5.74) is 0.514. The standard InChI is InChI=1S/C16H13ClF3NO2/c1-10-5-6-14(13(17)7-10)21-15(22)9-23-12-4-2-3-11(8-12)16(18,19)20/h2-8H,9H2,1H3,(H,21,22). The lowest BCUT2D eigenvalue weighted by atomic mass is 10.2. The van der Waals surface area contributed by atoms with E-state index in [1.165, 1.54) is 12.1 Å². The van der Waals surface area contributed by atoms with Crippen molar-refractivity contribution in [2.75, 3.05) is 11.9 Å². The van der Waals surface area contributed by atoms with Crippen LogP contribution in [0.1, 0.15) is 11.1 Å². The number of anilines is 1. The zero-order chi connectivity index (χ0) is 17.0. The largest absolute Gasteiger partial charge is 0.484 e. The molecule has 0 aromatic heterocycles. The summed E-state index contributed by atoms with van der Waals surface area (Å²) in [6, 6.07) is 9.43. The van der Waals surface area contributed by atoms with E-state index >= 15 is 0 Å². The summed E-state index contributed by atoms with van der Waals surface area (Å²) in [7, 11) is 0. The summed E-state index contributed by atoms with van der Waals surface area (Å²) < 4.78 is 42.8. The van der Waals surface area contributed by atoms with Gasteiger partial charge in [0.1, 0.15) is 5.75 Å². The Kier molecular flexibility index (Phi) is 5.15. The number of amides is 1. The molecule has 7 heteroatoms. The average Bonchev–Trinajstić information content (AvgIpc) is 2.47. The third-order valence-electron chi connectivity index (χ3n) is 2.93. The molecule has 0 aliphatic carbocycles. The Labute approximate surface area is 136 Å². The molecule has 0 aliphatic rings. The van der Waals surface area contributed by atoms with Crippen LogP contribution in [0.2, 0.25) is 5.02 Å². The van der Waals surface area contributed by atoms with Gasteiger partial charge in [-0.2, -0.15) is 13.2 Å². The van der Waals surface area contributed by atoms with Gasteiger partial charge in [-0.05, 0) is 42.8 Å². The van der Waals surface area contributed by atoms with E-state index < -0.39 is 24.3 Å². The molecule has 0 radical (unpaired) electrons. The second kappa shape index (κ2) is 6.91. The highest BCUT2D eigenvalue weighted by Crippen LogP contribution is 2.31. The van der Waals surface area contributed by atoms with Crippen LogP contribution in [0, 0.1) is 6.92 Å². The first-order valence-electron chi connectivity index (χ1n) is 6.62. The Bertz CT molecular complexity index is 717. The molecule has 2 aromatic rings. The van der Waals surface area contributed by atoms with Gasteiger partial charge in [0.25, 0.3) is 5.91 Å². The fourth-order valence-corrected chi connectivity index (χ4v) is 2.10. The van der Waals surface area contributed by atoms with Crippen LogP contribution in [0.15, 0.2) is 42.5 Å². The summed E-state index contributed by atoms with van der Waals surface area (Å²) in [6.45, 7) is 1.43. The fourth-order valence-electron chi connectivity index (χ4n) is 1.82. The van der Waals surface area contributed by atoms with Crippen molar-refractivity contribution in [1.29, 1.82) is 0 Å². The minimum Gasteiger partial charge on any atom is -0.484 e. The fraction of sp³-hybridized carbons (Fsp3) is 0.188. The molecule has 0 aliphatic heterocycles. The number of rotatable bonds is 4. The van der Waals surface area contributed by atoms with E-state index in [0.717, 1.165) is 17.7 Å². The van der Waals surface area contributed by atoms with Crippen LogP contribution in [-0.4, -0.2) is 12.5 Å². The molecule has 0 heterocycles. The Hall–Kier alpha value is -2.21. The van der Waals surface area contributed by atoms with Crippen molar-refractivity contribution < 1.29 is 22.7 Å². The summed E-state index contributed by atoms with van der Waals surface area (Å²) >= 11 is 5.98. The van der Waals surface area contributed by atoms with Crippen molar-refractivity contribution in [3.8, 4) is 5.75 Å². The second-order valence-corrected chi connectivity index (χ2v) is 5.25. The van der Waals surface area contributed by atoms with Crippen LogP contribution >= 0.6 is 11.6 Å². The van der Waals surface area contributed by atoms with Gasteiger partial charge >= 0.3 is 6.18 Å². The highest BCUT2D eigenvalue weighted by Gasteiger charge is 2.30. The predicted molar refractivity (Wildman–Crippen MR) is 81.8 cm³/mol. The monoisotopic (exact) mass is 343 g/mol. The number of carbonyl (C=O) groups is 1. The van der Waals surface area contributed by atoms with Gasteiger partial charge < -0.3 is 10.1 Å². The Morgan fingerprint density at radius 3 is 2.61 bits per heavy atom. The zero-order valence-corrected chi connectivity index (χ0v) is 12.8. The molecular formula is C16H13ClF3NO2. The molecule has 0 atom stereocenters. The van der Waals surface area contributed by atoms with Gasteiger partial charge in [0.2, 0.25) is 0 Å². The lowest BCUT2D eigenvalue weighted by molar-refractivity contribution is -0.137. The average molecular weight is 344 g/mol. The predicted octanol–water partition coefficient (Wildman–Crippen LogP) is 4.68. The summed E-state index contributed by atoms with van der Waals surface area (Å²) in [6.07, 6.45) is -4.46. The summed E-state index contributed by atoms with van der Waals surface area (Å²) in [4.78, 5) is 11.8. The maximum atomic E-state index is 12.6. The quantitative estimate of drug-likeness (QED) is 0.875. The normalized spacial score (nSPS) is 11.2. The van der Waals surface area contributed by atoms with E-state index in [0.29, 0.717) is 10.7 Å². The first-order chi connectivity index (χ1) is 10.8. The van der Waals surface area contributed by atoms with Crippen molar-refractivity contribution in [3.63, 3.8) is 0 Å². The van der Waals surface area contributed by atoms with Crippen molar-refractivity contribution in [3.05, 3.63) is 58.6 Å². The van der Waals surface area contributed by atoms with E-state index in [1.807, 2.05) is 6.92 Å². The Morgan fingerprint density at radius 2 is 1.96 bits per heavy atom. The van der Waals surface area contributed by atoms with Crippen molar-refractivity contribution in [1.82, 2.24) is 0 Å². The van der Waals surface area contributed by atoms with Crippen LogP contribution in [0.4, 0.5) is 18.9 Å². The van der Waals surface area contributed by atoms with E-state index in [2.05, 4.69) is 5.32 Å². The maximum absolute atomic E-state index is 12.6. The summed E-state index contributed by atoms with van der Waals surface area (Å²) in [5.74, 6) is -0.557. The zero-order valence-electron chi connectivity index (χ0n) is 12.1. The highest BCUT2D eigenvalue weighted by molar-refractivity contribution is 6.33. The minimum absolute atomic E-state index is 0.0371. The molecule has 2 rings (SSSR count). The van der Waals surface area contributed by atoms with Gasteiger partial charge in [0.05, 0.1) is 16.3 Å². The van der Waals surface area contributed by atoms with E-state index in [9.17, 15) is 18.0 Å². The number of carbonyl (C=O) groups excluding carboxylic acids is 1. The van der Waals surface area contributed by atoms with Crippen LogP contribution in [0.3, 0.4) is 0 Å². The Morgan fingerprint density at radius 1 is 1.22 bits per heavy atom. The third-order valence-corrected chi connectivity index (χ3v) is 3.24. The van der Waals surface area contributed by atoms with E-state index in [4.69, 9.17) is 16.3 Å². The number of ether oxygens (including phenoxy) is 1. The van der Waals surface area contributed by atoms with Gasteiger partial charge in [0.15, 0.2) is 6.61 Å². The molecule has 1 N–H and O–H groups in total. The lowest BCUT2D eigenvalue weighted by Gasteiger charge is -2.11. The smallest absolute Gasteiger partial charge is 0.416 e. The topological polar surface area (TPSA) is 38.3 Å². The first kappa shape index (κ1) is 17.1. The van der Waals surface area contributed by atoms with Gasteiger partial charge in [0, 0.05) is 0 Å². The van der Waals surface area contributed by atoms with Crippen molar-refractivity contribution in [2.45, 2.75) is 13.1 Å². The van der Waals surface area contributed by atoms with Crippen molar-refractivity contribution in [2.24, 2.45) is 0 Å². The van der Waals surface area contributed by atoms with Crippen LogP contribution in [-0.2, 0) is 11.0 Å². The number of hydrogen-bond donors (Lipinski definition) is 1. The molecule has 3 nitrogen and oxygen atoms in total. The van der Waals surface area contributed by atoms with E-state index in [-0.39, 0.29) is 5.75 Å². The number of benzene rings is 2. The first-order valence-corrected chi connectivity index (χ1v) is 6.99. The van der Waals surface area contributed by atoms with Crippen LogP contribution < -0.4 is 10.1 Å². The number of hydrogen-bond acceptors (Lipinski definition) is 2. The van der Waals surface area contributed by atoms with Gasteiger partial charge in [-0.15, -0.1) is 0 Å². The molecule has 0 spiro atoms. The number of halogens is 4. The molecular weight excluding hydrogens is 331 g/mol. The van der Waals surface area contributed by atoms with Gasteiger partial charge in [-0.3, -0.25) is 4.79 Å². The molecule has 23 heavy (non-hydrogen) atoms. The summed E-state index contributed by atoms with van der Waals surface area (Å²) in [5, 5.41) is 2.91. The lowest BCUT2D eigenvalue weighted by Crippen LogP contribution is -2.20. The molecule has 122 valence electrons. The number of alkyl halides is 3. The molecule has 0 bridgehead atoms. The molecule has 0 fully saturated rings. The van der Waals surface area contributed by atoms with Gasteiger partial charge in [-0.25, -0.2) is 0 Å². The second-order valence-electron chi connectivity index (χ2n) is 4.85. The molecule has 1 amide bonds. The number of nitrogens with one attached hydrogen (secondary N) is 1. The van der Waals surface area contributed by atoms with Gasteiger partial charge in [-0.1, -0.05) is 23.7 Å². The molecule has 0 unspecified atom stereocenters. The van der Waals surface area contributed by atoms with Crippen LogP contribution in [0.5, 0.6) is 5.75 Å². The van der Waals surface area contributed by atoms with Crippen LogP contribution in [0.25, 0.3) is 0 Å². The van der Waals surface area contributed by atoms with E-state index in [1.54, 1.807) is 18.2 Å². The minimum atomic E-state index is -4.46.